The van der Waals surface area contributed by atoms with E-state index >= 15 is 0 Å². The van der Waals surface area contributed by atoms with Gasteiger partial charge in [0.2, 0.25) is 5.91 Å². The van der Waals surface area contributed by atoms with Crippen LogP contribution in [0.2, 0.25) is 5.02 Å². The van der Waals surface area contributed by atoms with Crippen LogP contribution in [0.3, 0.4) is 0 Å². The largest absolute Gasteiger partial charge is 0.348 e. The van der Waals surface area contributed by atoms with Crippen molar-refractivity contribution >= 4 is 46.2 Å². The monoisotopic (exact) mass is 530 g/mol. The lowest BCUT2D eigenvalue weighted by atomic mass is 9.99. The molecule has 6 rings (SSSR count). The van der Waals surface area contributed by atoms with Crippen LogP contribution >= 0.6 is 22.9 Å². The van der Waals surface area contributed by atoms with Gasteiger partial charge < -0.3 is 10.6 Å². The number of rotatable bonds is 4. The highest BCUT2D eigenvalue weighted by Gasteiger charge is 2.32. The third kappa shape index (κ3) is 4.04. The number of hydrogen-bond donors (Lipinski definition) is 2. The van der Waals surface area contributed by atoms with Gasteiger partial charge in [-0.2, -0.15) is 0 Å². The average molecular weight is 531 g/mol. The molecule has 1 atom stereocenters. The topological polar surface area (TPSA) is 101 Å². The Morgan fingerprint density at radius 2 is 1.95 bits per heavy atom. The van der Waals surface area contributed by atoms with Crippen LogP contribution < -0.4 is 10.6 Å². The summed E-state index contributed by atoms with van der Waals surface area (Å²) < 4.78 is 2.02. The van der Waals surface area contributed by atoms with Crippen molar-refractivity contribution in [2.45, 2.75) is 39.8 Å². The molecule has 37 heavy (non-hydrogen) atoms. The zero-order chi connectivity index (χ0) is 25.8. The van der Waals surface area contributed by atoms with E-state index in [-0.39, 0.29) is 18.2 Å². The van der Waals surface area contributed by atoms with Gasteiger partial charge in [0.15, 0.2) is 5.82 Å². The number of benzene rings is 2. The molecule has 0 aliphatic carbocycles. The highest BCUT2D eigenvalue weighted by Crippen LogP contribution is 2.39. The molecule has 2 aromatic carbocycles. The standard InChI is InChI=1S/C27H23ClN6O2S/c1-13-14(2)37-27-23(13)24(16-4-7-18(28)8-5-16)31-21(25-33-32-15(3)34(25)27)11-22(35)30-19-9-6-17-12-29-26(36)20(17)10-19/h4-10,21H,11-12H2,1-3H3,(H,29,36)(H,30,35)/t21-/m0/s1. The predicted octanol–water partition coefficient (Wildman–Crippen LogP) is 5.07. The fraction of sp³-hybridized carbons (Fsp3) is 0.222. The number of nitrogens with one attached hydrogen (secondary N) is 2. The smallest absolute Gasteiger partial charge is 0.251 e. The second-order valence-electron chi connectivity index (χ2n) is 9.21. The lowest BCUT2D eigenvalue weighted by Crippen LogP contribution is -2.17. The molecule has 0 saturated heterocycles. The van der Waals surface area contributed by atoms with Crippen molar-refractivity contribution in [3.63, 3.8) is 0 Å². The van der Waals surface area contributed by atoms with E-state index in [4.69, 9.17) is 16.6 Å². The molecule has 2 amide bonds. The van der Waals surface area contributed by atoms with Crippen molar-refractivity contribution in [3.8, 4) is 5.00 Å². The number of carbonyl (C=O) groups is 2. The Kier molecular flexibility index (Phi) is 5.69. The number of hydrogen-bond acceptors (Lipinski definition) is 6. The van der Waals surface area contributed by atoms with Gasteiger partial charge in [-0.3, -0.25) is 19.1 Å². The van der Waals surface area contributed by atoms with E-state index in [1.807, 2.05) is 47.9 Å². The highest BCUT2D eigenvalue weighted by atomic mass is 35.5. The Hall–Kier alpha value is -3.82. The van der Waals surface area contributed by atoms with Crippen LogP contribution in [-0.2, 0) is 11.3 Å². The summed E-state index contributed by atoms with van der Waals surface area (Å²) in [5.74, 6) is 0.993. The minimum atomic E-state index is -0.566. The first-order chi connectivity index (χ1) is 17.8. The minimum Gasteiger partial charge on any atom is -0.348 e. The fourth-order valence-corrected chi connectivity index (χ4v) is 6.15. The molecule has 0 spiro atoms. The molecule has 2 aromatic heterocycles. The molecule has 0 saturated carbocycles. The van der Waals surface area contributed by atoms with Crippen molar-refractivity contribution in [2.75, 3.05) is 5.32 Å². The number of fused-ring (bicyclic) bond motifs is 4. The maximum absolute atomic E-state index is 13.3. The molecule has 0 unspecified atom stereocenters. The van der Waals surface area contributed by atoms with Gasteiger partial charge in [0.05, 0.1) is 12.1 Å². The maximum Gasteiger partial charge on any atom is 0.251 e. The van der Waals surface area contributed by atoms with Crippen molar-refractivity contribution in [3.05, 3.63) is 91.8 Å². The number of thiophene rings is 1. The lowest BCUT2D eigenvalue weighted by molar-refractivity contribution is -0.116. The van der Waals surface area contributed by atoms with Crippen LogP contribution in [0.4, 0.5) is 5.69 Å². The molecule has 0 fully saturated rings. The van der Waals surface area contributed by atoms with Crippen LogP contribution in [0.25, 0.3) is 5.00 Å². The molecular formula is C27H23ClN6O2S. The summed E-state index contributed by atoms with van der Waals surface area (Å²) in [5, 5.41) is 16.2. The van der Waals surface area contributed by atoms with E-state index in [9.17, 15) is 9.59 Å². The third-order valence-electron chi connectivity index (χ3n) is 6.81. The molecule has 0 radical (unpaired) electrons. The van der Waals surface area contributed by atoms with E-state index in [0.29, 0.717) is 28.6 Å². The van der Waals surface area contributed by atoms with Crippen molar-refractivity contribution in [1.82, 2.24) is 20.1 Å². The van der Waals surface area contributed by atoms with Gasteiger partial charge in [0, 0.05) is 38.8 Å². The van der Waals surface area contributed by atoms with Gasteiger partial charge in [0.25, 0.3) is 5.91 Å². The normalized spacial score (nSPS) is 15.8. The van der Waals surface area contributed by atoms with Crippen LogP contribution in [0, 0.1) is 20.8 Å². The summed E-state index contributed by atoms with van der Waals surface area (Å²) >= 11 is 7.84. The van der Waals surface area contributed by atoms with Crippen LogP contribution in [-0.4, -0.2) is 32.3 Å². The van der Waals surface area contributed by atoms with Gasteiger partial charge in [0.1, 0.15) is 16.9 Å². The highest BCUT2D eigenvalue weighted by molar-refractivity contribution is 7.15. The number of anilines is 1. The summed E-state index contributed by atoms with van der Waals surface area (Å²) in [4.78, 5) is 31.6. The Morgan fingerprint density at radius 1 is 1.16 bits per heavy atom. The van der Waals surface area contributed by atoms with E-state index in [2.05, 4.69) is 34.7 Å². The van der Waals surface area contributed by atoms with Gasteiger partial charge in [-0.15, -0.1) is 21.5 Å². The number of aliphatic imine (C=N–C) groups is 1. The second-order valence-corrected chi connectivity index (χ2v) is 10.9. The molecule has 4 aromatic rings. The summed E-state index contributed by atoms with van der Waals surface area (Å²) in [6, 6.07) is 12.4. The molecule has 0 bridgehead atoms. The number of amides is 2. The Balaban J connectivity index is 1.41. The van der Waals surface area contributed by atoms with Crippen LogP contribution in [0.15, 0.2) is 47.5 Å². The SMILES string of the molecule is Cc1sc2c(c1C)C(c1ccc(Cl)cc1)=N[C@@H](CC(=O)Nc1ccc3c(c1)C(=O)NC3)c1nnc(C)n1-2. The van der Waals surface area contributed by atoms with E-state index in [1.54, 1.807) is 17.4 Å². The minimum absolute atomic E-state index is 0.0610. The first-order valence-corrected chi connectivity index (χ1v) is 13.1. The Bertz CT molecular complexity index is 1620. The molecule has 2 aliphatic rings. The van der Waals surface area contributed by atoms with Crippen molar-refractivity contribution in [2.24, 2.45) is 4.99 Å². The first-order valence-electron chi connectivity index (χ1n) is 11.9. The van der Waals surface area contributed by atoms with Gasteiger partial charge in [-0.1, -0.05) is 29.8 Å². The molecule has 2 aliphatic heterocycles. The van der Waals surface area contributed by atoms with E-state index in [0.717, 1.165) is 38.8 Å². The zero-order valence-electron chi connectivity index (χ0n) is 20.4. The quantitative estimate of drug-likeness (QED) is 0.384. The molecule has 186 valence electrons. The average Bonchev–Trinajstić information content (AvgIpc) is 3.50. The molecule has 8 nitrogen and oxygen atoms in total. The number of aryl methyl sites for hydroxylation is 2. The van der Waals surface area contributed by atoms with E-state index < -0.39 is 6.04 Å². The van der Waals surface area contributed by atoms with Gasteiger partial charge >= 0.3 is 0 Å². The fourth-order valence-electron chi connectivity index (χ4n) is 4.81. The predicted molar refractivity (Wildman–Crippen MR) is 144 cm³/mol. The van der Waals surface area contributed by atoms with Crippen molar-refractivity contribution < 1.29 is 9.59 Å². The number of aromatic nitrogens is 3. The number of nitrogens with zero attached hydrogens (tertiary/aromatic N) is 4. The lowest BCUT2D eigenvalue weighted by Gasteiger charge is -2.13. The summed E-state index contributed by atoms with van der Waals surface area (Å²) in [7, 11) is 0. The van der Waals surface area contributed by atoms with Gasteiger partial charge in [-0.25, -0.2) is 0 Å². The Labute approximate surface area is 222 Å². The van der Waals surface area contributed by atoms with E-state index in [1.165, 1.54) is 4.88 Å². The summed E-state index contributed by atoms with van der Waals surface area (Å²) in [5.41, 5.74) is 5.93. The third-order valence-corrected chi connectivity index (χ3v) is 8.26. The number of carbonyl (C=O) groups excluding carboxylic acids is 2. The summed E-state index contributed by atoms with van der Waals surface area (Å²) in [6.45, 7) is 6.59. The molecule has 10 heteroatoms. The Morgan fingerprint density at radius 3 is 2.73 bits per heavy atom. The molecule has 4 heterocycles. The van der Waals surface area contributed by atoms with Crippen LogP contribution in [0.1, 0.15) is 61.6 Å². The molecular weight excluding hydrogens is 508 g/mol. The zero-order valence-corrected chi connectivity index (χ0v) is 22.0. The van der Waals surface area contributed by atoms with Crippen LogP contribution in [0.5, 0.6) is 0 Å². The maximum atomic E-state index is 13.3. The second kappa shape index (κ2) is 8.93. The van der Waals surface area contributed by atoms with Gasteiger partial charge in [-0.05, 0) is 56.2 Å². The number of halogens is 1. The first kappa shape index (κ1) is 23.6. The summed E-state index contributed by atoms with van der Waals surface area (Å²) in [6.07, 6.45) is 0.0610. The molecule has 2 N–H and O–H groups in total. The van der Waals surface area contributed by atoms with Crippen molar-refractivity contribution in [1.29, 1.82) is 0 Å².